The topological polar surface area (TPSA) is 21.3 Å². The number of ether oxygens (including phenoxy) is 1. The third kappa shape index (κ3) is 3.18. The van der Waals surface area contributed by atoms with E-state index in [1.165, 1.54) is 38.5 Å². The summed E-state index contributed by atoms with van der Waals surface area (Å²) in [4.78, 5) is 0. The van der Waals surface area contributed by atoms with Crippen molar-refractivity contribution >= 4 is 0 Å². The van der Waals surface area contributed by atoms with E-state index in [0.29, 0.717) is 18.2 Å². The van der Waals surface area contributed by atoms with Crippen molar-refractivity contribution in [2.45, 2.75) is 70.6 Å². The predicted molar refractivity (Wildman–Crippen MR) is 63.0 cm³/mol. The van der Waals surface area contributed by atoms with Gasteiger partial charge in [0.1, 0.15) is 0 Å². The lowest BCUT2D eigenvalue weighted by Gasteiger charge is -2.35. The lowest BCUT2D eigenvalue weighted by molar-refractivity contribution is -0.0702. The van der Waals surface area contributed by atoms with Gasteiger partial charge in [0, 0.05) is 6.04 Å². The highest BCUT2D eigenvalue weighted by molar-refractivity contribution is 4.79. The number of hydrogen-bond acceptors (Lipinski definition) is 2. The van der Waals surface area contributed by atoms with Crippen molar-refractivity contribution in [3.05, 3.63) is 0 Å². The van der Waals surface area contributed by atoms with Gasteiger partial charge in [0.25, 0.3) is 0 Å². The molecule has 0 bridgehead atoms. The molecular weight excluding hydrogens is 186 g/mol. The Morgan fingerprint density at radius 2 is 1.87 bits per heavy atom. The van der Waals surface area contributed by atoms with Gasteiger partial charge in [-0.3, -0.25) is 0 Å². The first-order valence-corrected chi connectivity index (χ1v) is 6.64. The van der Waals surface area contributed by atoms with E-state index in [9.17, 15) is 0 Å². The normalized spacial score (nSPS) is 42.8. The van der Waals surface area contributed by atoms with Crippen LogP contribution in [-0.4, -0.2) is 24.8 Å². The molecule has 2 nitrogen and oxygen atoms in total. The van der Waals surface area contributed by atoms with Crippen molar-refractivity contribution in [1.29, 1.82) is 0 Å². The van der Waals surface area contributed by atoms with Gasteiger partial charge in [0.05, 0.1) is 12.2 Å². The highest BCUT2D eigenvalue weighted by Gasteiger charge is 2.27. The zero-order chi connectivity index (χ0) is 10.7. The second-order valence-electron chi connectivity index (χ2n) is 5.44. The standard InChI is InChI=1S/C13H25NO/c1-10-5-3-4-6-13(10)15-12-7-8-14-11(2)9-12/h10-14H,3-9H2,1-2H3. The SMILES string of the molecule is CC1CC(OC2CCCCC2C)CCN1. The van der Waals surface area contributed by atoms with Crippen LogP contribution in [0.2, 0.25) is 0 Å². The first-order valence-electron chi connectivity index (χ1n) is 6.64. The molecule has 0 amide bonds. The molecule has 1 saturated carbocycles. The zero-order valence-corrected chi connectivity index (χ0v) is 10.2. The minimum atomic E-state index is 0.520. The largest absolute Gasteiger partial charge is 0.375 e. The van der Waals surface area contributed by atoms with E-state index < -0.39 is 0 Å². The first kappa shape index (κ1) is 11.4. The summed E-state index contributed by atoms with van der Waals surface area (Å²) in [5, 5.41) is 3.48. The van der Waals surface area contributed by atoms with Crippen molar-refractivity contribution in [2.75, 3.05) is 6.54 Å². The average Bonchev–Trinajstić information content (AvgIpc) is 2.22. The van der Waals surface area contributed by atoms with Crippen LogP contribution in [0.1, 0.15) is 52.4 Å². The average molecular weight is 211 g/mol. The number of piperidine rings is 1. The quantitative estimate of drug-likeness (QED) is 0.758. The first-order chi connectivity index (χ1) is 7.25. The van der Waals surface area contributed by atoms with Crippen molar-refractivity contribution < 1.29 is 4.74 Å². The molecule has 4 unspecified atom stereocenters. The fourth-order valence-electron chi connectivity index (χ4n) is 2.94. The molecule has 0 aromatic heterocycles. The highest BCUT2D eigenvalue weighted by Crippen LogP contribution is 2.28. The van der Waals surface area contributed by atoms with Crippen LogP contribution in [0.15, 0.2) is 0 Å². The van der Waals surface area contributed by atoms with Crippen LogP contribution in [0.4, 0.5) is 0 Å². The minimum absolute atomic E-state index is 0.520. The van der Waals surface area contributed by atoms with Crippen molar-refractivity contribution in [3.8, 4) is 0 Å². The fraction of sp³-hybridized carbons (Fsp3) is 1.00. The van der Waals surface area contributed by atoms with E-state index in [4.69, 9.17) is 4.74 Å². The summed E-state index contributed by atoms with van der Waals surface area (Å²) in [6.07, 6.45) is 8.90. The Kier molecular flexibility index (Phi) is 4.04. The Labute approximate surface area is 93.8 Å². The van der Waals surface area contributed by atoms with Crippen LogP contribution in [-0.2, 0) is 4.74 Å². The van der Waals surface area contributed by atoms with Gasteiger partial charge >= 0.3 is 0 Å². The van der Waals surface area contributed by atoms with E-state index in [0.717, 1.165) is 12.5 Å². The van der Waals surface area contributed by atoms with Crippen LogP contribution >= 0.6 is 0 Å². The number of hydrogen-bond donors (Lipinski definition) is 1. The van der Waals surface area contributed by atoms with E-state index in [1.807, 2.05) is 0 Å². The maximum Gasteiger partial charge on any atom is 0.0605 e. The van der Waals surface area contributed by atoms with Crippen LogP contribution < -0.4 is 5.32 Å². The molecule has 88 valence electrons. The lowest BCUT2D eigenvalue weighted by Crippen LogP contribution is -2.42. The molecule has 0 aromatic carbocycles. The second kappa shape index (κ2) is 5.31. The smallest absolute Gasteiger partial charge is 0.0605 e. The summed E-state index contributed by atoms with van der Waals surface area (Å²) in [6, 6.07) is 0.641. The highest BCUT2D eigenvalue weighted by atomic mass is 16.5. The summed E-state index contributed by atoms with van der Waals surface area (Å²) >= 11 is 0. The lowest BCUT2D eigenvalue weighted by atomic mass is 9.87. The Bertz CT molecular complexity index is 195. The van der Waals surface area contributed by atoms with Crippen LogP contribution in [0.5, 0.6) is 0 Å². The van der Waals surface area contributed by atoms with Gasteiger partial charge < -0.3 is 10.1 Å². The maximum absolute atomic E-state index is 6.27. The van der Waals surface area contributed by atoms with E-state index in [2.05, 4.69) is 19.2 Å². The fourth-order valence-corrected chi connectivity index (χ4v) is 2.94. The maximum atomic E-state index is 6.27. The third-order valence-corrected chi connectivity index (χ3v) is 3.98. The molecule has 2 aliphatic rings. The van der Waals surface area contributed by atoms with Crippen molar-refractivity contribution in [1.82, 2.24) is 5.32 Å². The molecular formula is C13H25NO. The molecule has 1 N–H and O–H groups in total. The van der Waals surface area contributed by atoms with Gasteiger partial charge in [-0.15, -0.1) is 0 Å². The Balaban J connectivity index is 1.79. The van der Waals surface area contributed by atoms with Crippen LogP contribution in [0, 0.1) is 5.92 Å². The summed E-state index contributed by atoms with van der Waals surface area (Å²) in [5.41, 5.74) is 0. The molecule has 0 aromatic rings. The van der Waals surface area contributed by atoms with E-state index in [-0.39, 0.29) is 0 Å². The van der Waals surface area contributed by atoms with Crippen molar-refractivity contribution in [2.24, 2.45) is 5.92 Å². The molecule has 0 radical (unpaired) electrons. The Morgan fingerprint density at radius 1 is 1.07 bits per heavy atom. The van der Waals surface area contributed by atoms with Gasteiger partial charge in [-0.2, -0.15) is 0 Å². The number of nitrogens with one attached hydrogen (secondary N) is 1. The molecule has 2 fully saturated rings. The number of rotatable bonds is 2. The monoisotopic (exact) mass is 211 g/mol. The van der Waals surface area contributed by atoms with Gasteiger partial charge in [-0.25, -0.2) is 0 Å². The molecule has 1 aliphatic heterocycles. The van der Waals surface area contributed by atoms with Gasteiger partial charge in [0.15, 0.2) is 0 Å². The third-order valence-electron chi connectivity index (χ3n) is 3.98. The predicted octanol–water partition coefficient (Wildman–Crippen LogP) is 2.72. The summed E-state index contributed by atoms with van der Waals surface area (Å²) < 4.78 is 6.27. The molecule has 0 spiro atoms. The van der Waals surface area contributed by atoms with E-state index in [1.54, 1.807) is 0 Å². The second-order valence-corrected chi connectivity index (χ2v) is 5.44. The van der Waals surface area contributed by atoms with Crippen LogP contribution in [0.3, 0.4) is 0 Å². The Morgan fingerprint density at radius 3 is 2.60 bits per heavy atom. The van der Waals surface area contributed by atoms with Gasteiger partial charge in [-0.1, -0.05) is 19.8 Å². The zero-order valence-electron chi connectivity index (χ0n) is 10.2. The summed E-state index contributed by atoms with van der Waals surface area (Å²) in [6.45, 7) is 5.75. The molecule has 2 rings (SSSR count). The molecule has 4 atom stereocenters. The van der Waals surface area contributed by atoms with Crippen LogP contribution in [0.25, 0.3) is 0 Å². The summed E-state index contributed by atoms with van der Waals surface area (Å²) in [5.74, 6) is 0.781. The molecule has 1 saturated heterocycles. The summed E-state index contributed by atoms with van der Waals surface area (Å²) in [7, 11) is 0. The molecule has 1 heterocycles. The Hall–Kier alpha value is -0.0800. The van der Waals surface area contributed by atoms with E-state index >= 15 is 0 Å². The molecule has 15 heavy (non-hydrogen) atoms. The van der Waals surface area contributed by atoms with Gasteiger partial charge in [-0.05, 0) is 45.1 Å². The minimum Gasteiger partial charge on any atom is -0.375 e. The van der Waals surface area contributed by atoms with Gasteiger partial charge in [0.2, 0.25) is 0 Å². The molecule has 2 heteroatoms. The van der Waals surface area contributed by atoms with Crippen molar-refractivity contribution in [3.63, 3.8) is 0 Å². The molecule has 1 aliphatic carbocycles.